The second-order valence-corrected chi connectivity index (χ2v) is 16.1. The highest BCUT2D eigenvalue weighted by Gasteiger charge is 2.31. The Hall–Kier alpha value is -8.40. The molecule has 0 amide bonds. The predicted molar refractivity (Wildman–Crippen MR) is 265 cm³/mol. The highest BCUT2D eigenvalue weighted by atomic mass is 16.5. The van der Waals surface area contributed by atoms with Crippen LogP contribution in [0.15, 0.2) is 243 Å². The first kappa shape index (κ1) is 36.5. The molecule has 0 radical (unpaired) electrons. The standard InChI is InChI=1S/C60H40N2O/c1-3-15-41(16-4-1)43-31-36-48(37-32-43)61(53-27-12-21-45-19-7-9-24-50(45)53)55-29-14-30-57-59(55)52-26-11-23-47-35-40-56(60(63-57)58(47)52)62(54-28-13-22-46-20-8-10-25-51(46)54)49-38-33-44(34-39-49)42-17-5-2-6-18-42/h1-40H. The molecule has 296 valence electrons. The zero-order chi connectivity index (χ0) is 41.7. The van der Waals surface area contributed by atoms with Crippen LogP contribution in [-0.4, -0.2) is 0 Å². The predicted octanol–water partition coefficient (Wildman–Crippen LogP) is 17.2. The number of fused-ring (bicyclic) bond motifs is 4. The summed E-state index contributed by atoms with van der Waals surface area (Å²) in [6.45, 7) is 0. The maximum absolute atomic E-state index is 7.37. The Bertz CT molecular complexity index is 3460. The van der Waals surface area contributed by atoms with E-state index in [2.05, 4.69) is 252 Å². The van der Waals surface area contributed by atoms with Crippen molar-refractivity contribution in [1.82, 2.24) is 0 Å². The van der Waals surface area contributed by atoms with Gasteiger partial charge in [0.1, 0.15) is 5.75 Å². The summed E-state index contributed by atoms with van der Waals surface area (Å²) in [4.78, 5) is 4.78. The number of ether oxygens (including phenoxy) is 1. The molecule has 0 aliphatic carbocycles. The molecule has 0 saturated carbocycles. The van der Waals surface area contributed by atoms with E-state index in [1.165, 1.54) is 38.4 Å². The molecule has 1 aliphatic heterocycles. The molecule has 0 aromatic heterocycles. The van der Waals surface area contributed by atoms with Crippen molar-refractivity contribution in [1.29, 1.82) is 0 Å². The molecular weight excluding hydrogens is 765 g/mol. The third kappa shape index (κ3) is 6.29. The van der Waals surface area contributed by atoms with Crippen LogP contribution in [-0.2, 0) is 0 Å². The highest BCUT2D eigenvalue weighted by Crippen LogP contribution is 2.57. The average Bonchev–Trinajstić information content (AvgIpc) is 3.36. The summed E-state index contributed by atoms with van der Waals surface area (Å²) in [5, 5.41) is 6.90. The number of benzene rings is 11. The van der Waals surface area contributed by atoms with E-state index in [9.17, 15) is 0 Å². The first-order chi connectivity index (χ1) is 31.3. The Labute approximate surface area is 367 Å². The van der Waals surface area contributed by atoms with Gasteiger partial charge < -0.3 is 14.5 Å². The highest BCUT2D eigenvalue weighted by molar-refractivity contribution is 6.13. The number of anilines is 6. The molecule has 1 heterocycles. The fourth-order valence-electron chi connectivity index (χ4n) is 9.48. The summed E-state index contributed by atoms with van der Waals surface area (Å²) in [5.74, 6) is 1.64. The minimum Gasteiger partial charge on any atom is -0.454 e. The van der Waals surface area contributed by atoms with E-state index in [1.54, 1.807) is 0 Å². The Morgan fingerprint density at radius 1 is 0.286 bits per heavy atom. The number of rotatable bonds is 8. The summed E-state index contributed by atoms with van der Waals surface area (Å²) >= 11 is 0. The van der Waals surface area contributed by atoms with Crippen LogP contribution < -0.4 is 14.5 Å². The maximum atomic E-state index is 7.37. The third-order valence-corrected chi connectivity index (χ3v) is 12.4. The van der Waals surface area contributed by atoms with Crippen molar-refractivity contribution >= 4 is 66.4 Å². The van der Waals surface area contributed by atoms with Gasteiger partial charge in [-0.25, -0.2) is 0 Å². The number of nitrogens with zero attached hydrogens (tertiary/aromatic N) is 2. The van der Waals surface area contributed by atoms with Crippen molar-refractivity contribution < 1.29 is 4.74 Å². The van der Waals surface area contributed by atoms with Crippen LogP contribution in [0.5, 0.6) is 11.5 Å². The Morgan fingerprint density at radius 2 is 0.730 bits per heavy atom. The normalized spacial score (nSPS) is 11.6. The lowest BCUT2D eigenvalue weighted by molar-refractivity contribution is 0.488. The van der Waals surface area contributed by atoms with Gasteiger partial charge in [0.2, 0.25) is 0 Å². The quantitative estimate of drug-likeness (QED) is 0.152. The van der Waals surface area contributed by atoms with E-state index in [0.717, 1.165) is 72.9 Å². The van der Waals surface area contributed by atoms with E-state index < -0.39 is 0 Å². The first-order valence-electron chi connectivity index (χ1n) is 21.5. The summed E-state index contributed by atoms with van der Waals surface area (Å²) in [7, 11) is 0. The van der Waals surface area contributed by atoms with Crippen LogP contribution in [0, 0.1) is 0 Å². The second-order valence-electron chi connectivity index (χ2n) is 16.1. The molecule has 12 rings (SSSR count). The molecular formula is C60H40N2O. The summed E-state index contributed by atoms with van der Waals surface area (Å²) in [6.07, 6.45) is 0. The lowest BCUT2D eigenvalue weighted by Crippen LogP contribution is -2.15. The van der Waals surface area contributed by atoms with Crippen molar-refractivity contribution in [2.75, 3.05) is 9.80 Å². The average molecular weight is 805 g/mol. The van der Waals surface area contributed by atoms with Gasteiger partial charge in [0.05, 0.1) is 22.7 Å². The van der Waals surface area contributed by atoms with E-state index in [0.29, 0.717) is 0 Å². The van der Waals surface area contributed by atoms with Crippen LogP contribution in [0.3, 0.4) is 0 Å². The van der Waals surface area contributed by atoms with E-state index in [-0.39, 0.29) is 0 Å². The maximum Gasteiger partial charge on any atom is 0.159 e. The first-order valence-corrected chi connectivity index (χ1v) is 21.5. The van der Waals surface area contributed by atoms with E-state index in [1.807, 2.05) is 0 Å². The topological polar surface area (TPSA) is 15.7 Å². The van der Waals surface area contributed by atoms with Gasteiger partial charge in [0.15, 0.2) is 5.75 Å². The van der Waals surface area contributed by atoms with Crippen molar-refractivity contribution in [2.24, 2.45) is 0 Å². The molecule has 0 fully saturated rings. The van der Waals surface area contributed by atoms with Gasteiger partial charge in [-0.15, -0.1) is 0 Å². The van der Waals surface area contributed by atoms with Gasteiger partial charge in [-0.05, 0) is 98.6 Å². The molecule has 11 aromatic carbocycles. The smallest absolute Gasteiger partial charge is 0.159 e. The monoisotopic (exact) mass is 804 g/mol. The number of hydrogen-bond donors (Lipinski definition) is 0. The fourth-order valence-corrected chi connectivity index (χ4v) is 9.48. The lowest BCUT2D eigenvalue weighted by atomic mass is 9.91. The molecule has 0 saturated heterocycles. The van der Waals surface area contributed by atoms with Crippen LogP contribution >= 0.6 is 0 Å². The summed E-state index contributed by atoms with van der Waals surface area (Å²) < 4.78 is 7.37. The third-order valence-electron chi connectivity index (χ3n) is 12.4. The summed E-state index contributed by atoms with van der Waals surface area (Å²) in [6, 6.07) is 87.0. The second kappa shape index (κ2) is 15.3. The lowest BCUT2D eigenvalue weighted by Gasteiger charge is -2.34. The number of hydrogen-bond acceptors (Lipinski definition) is 3. The molecule has 0 unspecified atom stereocenters. The molecule has 0 bridgehead atoms. The van der Waals surface area contributed by atoms with Crippen LogP contribution in [0.2, 0.25) is 0 Å². The minimum absolute atomic E-state index is 0.809. The van der Waals surface area contributed by atoms with Crippen LogP contribution in [0.1, 0.15) is 0 Å². The SMILES string of the molecule is c1ccc(-c2ccc(N(c3cccc4c3-c3cccc5ccc(N(c6ccc(-c7ccccc7)cc6)c6cccc7ccccc67)c(c35)O4)c3cccc4ccccc34)cc2)cc1. The van der Waals surface area contributed by atoms with Crippen molar-refractivity contribution in [3.63, 3.8) is 0 Å². The molecule has 1 aliphatic rings. The van der Waals surface area contributed by atoms with Gasteiger partial charge in [0, 0.05) is 33.1 Å². The van der Waals surface area contributed by atoms with E-state index >= 15 is 0 Å². The minimum atomic E-state index is 0.809. The van der Waals surface area contributed by atoms with Gasteiger partial charge in [-0.3, -0.25) is 0 Å². The molecule has 63 heavy (non-hydrogen) atoms. The molecule has 3 heteroatoms. The summed E-state index contributed by atoms with van der Waals surface area (Å²) in [5.41, 5.74) is 13.2. The molecule has 0 atom stereocenters. The molecule has 11 aromatic rings. The fraction of sp³-hybridized carbons (Fsp3) is 0. The van der Waals surface area contributed by atoms with Gasteiger partial charge in [0.25, 0.3) is 0 Å². The van der Waals surface area contributed by atoms with Crippen molar-refractivity contribution in [3.05, 3.63) is 243 Å². The Morgan fingerprint density at radius 3 is 1.32 bits per heavy atom. The zero-order valence-electron chi connectivity index (χ0n) is 34.4. The largest absolute Gasteiger partial charge is 0.454 e. The van der Waals surface area contributed by atoms with Crippen molar-refractivity contribution in [2.45, 2.75) is 0 Å². The zero-order valence-corrected chi connectivity index (χ0v) is 34.4. The van der Waals surface area contributed by atoms with Gasteiger partial charge >= 0.3 is 0 Å². The van der Waals surface area contributed by atoms with E-state index in [4.69, 9.17) is 4.74 Å². The molecule has 0 N–H and O–H groups in total. The van der Waals surface area contributed by atoms with Gasteiger partial charge in [-0.2, -0.15) is 0 Å². The Kier molecular flexibility index (Phi) is 8.83. The van der Waals surface area contributed by atoms with Crippen LogP contribution in [0.25, 0.3) is 65.7 Å². The van der Waals surface area contributed by atoms with Crippen molar-refractivity contribution in [3.8, 4) is 44.9 Å². The Balaban J connectivity index is 1.07. The molecule has 0 spiro atoms. The van der Waals surface area contributed by atoms with Crippen LogP contribution in [0.4, 0.5) is 34.1 Å². The molecule has 3 nitrogen and oxygen atoms in total. The van der Waals surface area contributed by atoms with Gasteiger partial charge in [-0.1, -0.05) is 188 Å².